The van der Waals surface area contributed by atoms with Crippen molar-refractivity contribution < 1.29 is 13.2 Å². The maximum atomic E-state index is 13.5. The molecular weight excluding hydrogens is 394 g/mol. The molecule has 3 aromatic rings. The van der Waals surface area contributed by atoms with E-state index < -0.39 is 16.1 Å². The van der Waals surface area contributed by atoms with Crippen LogP contribution in [0.1, 0.15) is 46.7 Å². The SMILES string of the molecule is COc1cc2c(cc1S(=O)(=O)N[C@H](c1ccccc1)c1cccc(C)c1)CCCC2. The van der Waals surface area contributed by atoms with E-state index in [1.807, 2.05) is 67.6 Å². The fourth-order valence-electron chi connectivity index (χ4n) is 4.15. The van der Waals surface area contributed by atoms with Crippen LogP contribution in [0.15, 0.2) is 71.6 Å². The quantitative estimate of drug-likeness (QED) is 0.613. The average molecular weight is 422 g/mol. The summed E-state index contributed by atoms with van der Waals surface area (Å²) in [5.41, 5.74) is 5.17. The van der Waals surface area contributed by atoms with Crippen LogP contribution >= 0.6 is 0 Å². The Morgan fingerprint density at radius 3 is 2.20 bits per heavy atom. The summed E-state index contributed by atoms with van der Waals surface area (Å²) in [5, 5.41) is 0. The number of nitrogens with one attached hydrogen (secondary N) is 1. The molecule has 1 aliphatic carbocycles. The first kappa shape index (κ1) is 20.6. The van der Waals surface area contributed by atoms with Crippen molar-refractivity contribution in [2.24, 2.45) is 0 Å². The first-order valence-corrected chi connectivity index (χ1v) is 11.8. The highest BCUT2D eigenvalue weighted by Gasteiger charge is 2.27. The fraction of sp³-hybridized carbons (Fsp3) is 0.280. The number of rotatable bonds is 6. The van der Waals surface area contributed by atoms with Crippen molar-refractivity contribution in [1.82, 2.24) is 4.72 Å². The highest BCUT2D eigenvalue weighted by Crippen LogP contribution is 2.33. The van der Waals surface area contributed by atoms with Crippen LogP contribution in [0.2, 0.25) is 0 Å². The minimum atomic E-state index is -3.82. The Bertz CT molecular complexity index is 1140. The molecule has 0 unspecified atom stereocenters. The lowest BCUT2D eigenvalue weighted by Gasteiger charge is -2.23. The van der Waals surface area contributed by atoms with Gasteiger partial charge in [0.05, 0.1) is 13.2 Å². The van der Waals surface area contributed by atoms with Crippen LogP contribution in [0.25, 0.3) is 0 Å². The monoisotopic (exact) mass is 421 g/mol. The largest absolute Gasteiger partial charge is 0.495 e. The number of methoxy groups -OCH3 is 1. The minimum Gasteiger partial charge on any atom is -0.495 e. The van der Waals surface area contributed by atoms with Crippen molar-refractivity contribution in [1.29, 1.82) is 0 Å². The predicted octanol–water partition coefficient (Wildman–Crippen LogP) is 4.95. The summed E-state index contributed by atoms with van der Waals surface area (Å²) >= 11 is 0. The van der Waals surface area contributed by atoms with E-state index >= 15 is 0 Å². The number of hydrogen-bond acceptors (Lipinski definition) is 3. The highest BCUT2D eigenvalue weighted by molar-refractivity contribution is 7.89. The molecule has 1 N–H and O–H groups in total. The van der Waals surface area contributed by atoms with Crippen molar-refractivity contribution in [3.8, 4) is 5.75 Å². The second-order valence-electron chi connectivity index (χ2n) is 7.86. The van der Waals surface area contributed by atoms with Gasteiger partial charge < -0.3 is 4.74 Å². The summed E-state index contributed by atoms with van der Waals surface area (Å²) in [4.78, 5) is 0.208. The van der Waals surface area contributed by atoms with Gasteiger partial charge >= 0.3 is 0 Å². The lowest BCUT2D eigenvalue weighted by atomic mass is 9.92. The van der Waals surface area contributed by atoms with E-state index in [1.165, 1.54) is 12.7 Å². The molecule has 0 radical (unpaired) electrons. The van der Waals surface area contributed by atoms with Crippen molar-refractivity contribution in [3.05, 3.63) is 94.5 Å². The number of sulfonamides is 1. The second kappa shape index (κ2) is 8.62. The molecule has 0 spiro atoms. The maximum absolute atomic E-state index is 13.5. The zero-order chi connectivity index (χ0) is 21.1. The number of aryl methyl sites for hydroxylation is 3. The first-order chi connectivity index (χ1) is 14.5. The van der Waals surface area contributed by atoms with Gasteiger partial charge in [0.1, 0.15) is 10.6 Å². The Morgan fingerprint density at radius 2 is 1.53 bits per heavy atom. The van der Waals surface area contributed by atoms with Crippen LogP contribution in [0, 0.1) is 6.92 Å². The molecule has 0 aliphatic heterocycles. The van der Waals surface area contributed by atoms with E-state index in [4.69, 9.17) is 4.74 Å². The normalized spacial score (nSPS) is 14.7. The molecule has 0 fully saturated rings. The van der Waals surface area contributed by atoms with E-state index in [-0.39, 0.29) is 4.90 Å². The molecule has 0 bridgehead atoms. The van der Waals surface area contributed by atoms with E-state index in [1.54, 1.807) is 6.07 Å². The van der Waals surface area contributed by atoms with E-state index in [0.29, 0.717) is 5.75 Å². The molecule has 0 amide bonds. The third-order valence-electron chi connectivity index (χ3n) is 5.70. The molecule has 0 heterocycles. The molecule has 0 aromatic heterocycles. The third kappa shape index (κ3) is 4.27. The standard InChI is InChI=1S/C25H27NO3S/c1-18-9-8-14-22(15-18)25(19-10-4-3-5-11-19)26-30(27,28)24-17-21-13-7-6-12-20(21)16-23(24)29-2/h3-5,8-11,14-17,25-26H,6-7,12-13H2,1-2H3/t25-/m1/s1. The van der Waals surface area contributed by atoms with Gasteiger partial charge in [0.15, 0.2) is 0 Å². The molecule has 4 rings (SSSR count). The van der Waals surface area contributed by atoms with Crippen molar-refractivity contribution in [2.75, 3.05) is 7.11 Å². The topological polar surface area (TPSA) is 55.4 Å². The minimum absolute atomic E-state index is 0.208. The molecular formula is C25H27NO3S. The summed E-state index contributed by atoms with van der Waals surface area (Å²) in [6.45, 7) is 2.01. The van der Waals surface area contributed by atoms with Gasteiger partial charge in [-0.25, -0.2) is 8.42 Å². The highest BCUT2D eigenvalue weighted by atomic mass is 32.2. The molecule has 30 heavy (non-hydrogen) atoms. The Kier molecular flexibility index (Phi) is 5.93. The van der Waals surface area contributed by atoms with Gasteiger partial charge in [-0.05, 0) is 67.0 Å². The maximum Gasteiger partial charge on any atom is 0.245 e. The molecule has 4 nitrogen and oxygen atoms in total. The Labute approximate surface area is 179 Å². The summed E-state index contributed by atoms with van der Waals surface area (Å²) in [6.07, 6.45) is 4.09. The van der Waals surface area contributed by atoms with Crippen LogP contribution in [-0.2, 0) is 22.9 Å². The summed E-state index contributed by atoms with van der Waals surface area (Å²) in [6, 6.07) is 20.8. The van der Waals surface area contributed by atoms with Gasteiger partial charge in [0.2, 0.25) is 10.0 Å². The van der Waals surface area contributed by atoms with Gasteiger partial charge in [-0.2, -0.15) is 4.72 Å². The van der Waals surface area contributed by atoms with Crippen LogP contribution < -0.4 is 9.46 Å². The molecule has 1 aliphatic rings. The first-order valence-electron chi connectivity index (χ1n) is 10.3. The van der Waals surface area contributed by atoms with Gasteiger partial charge in [-0.3, -0.25) is 0 Å². The van der Waals surface area contributed by atoms with E-state index in [2.05, 4.69) is 4.72 Å². The lowest BCUT2D eigenvalue weighted by molar-refractivity contribution is 0.400. The summed E-state index contributed by atoms with van der Waals surface area (Å²) < 4.78 is 35.5. The van der Waals surface area contributed by atoms with Gasteiger partial charge in [0.25, 0.3) is 0 Å². The van der Waals surface area contributed by atoms with Crippen molar-refractivity contribution in [3.63, 3.8) is 0 Å². The van der Waals surface area contributed by atoms with Crippen molar-refractivity contribution in [2.45, 2.75) is 43.5 Å². The van der Waals surface area contributed by atoms with E-state index in [9.17, 15) is 8.42 Å². The number of fused-ring (bicyclic) bond motifs is 1. The average Bonchev–Trinajstić information content (AvgIpc) is 2.77. The Hall–Kier alpha value is -2.63. The molecule has 1 atom stereocenters. The third-order valence-corrected chi connectivity index (χ3v) is 7.14. The van der Waals surface area contributed by atoms with Crippen LogP contribution in [-0.4, -0.2) is 15.5 Å². The van der Waals surface area contributed by atoms with Crippen LogP contribution in [0.3, 0.4) is 0 Å². The molecule has 0 saturated carbocycles. The van der Waals surface area contributed by atoms with Gasteiger partial charge in [-0.1, -0.05) is 60.2 Å². The van der Waals surface area contributed by atoms with Crippen LogP contribution in [0.5, 0.6) is 5.75 Å². The molecule has 5 heteroatoms. The van der Waals surface area contributed by atoms with Crippen LogP contribution in [0.4, 0.5) is 0 Å². The zero-order valence-electron chi connectivity index (χ0n) is 17.4. The Balaban J connectivity index is 1.78. The molecule has 0 saturated heterocycles. The summed E-state index contributed by atoms with van der Waals surface area (Å²) in [7, 11) is -2.29. The second-order valence-corrected chi connectivity index (χ2v) is 9.54. The zero-order valence-corrected chi connectivity index (χ0v) is 18.2. The predicted molar refractivity (Wildman–Crippen MR) is 119 cm³/mol. The van der Waals surface area contributed by atoms with Crippen molar-refractivity contribution >= 4 is 10.0 Å². The number of ether oxygens (including phenoxy) is 1. The lowest BCUT2D eigenvalue weighted by Crippen LogP contribution is -2.30. The molecule has 156 valence electrons. The fourth-order valence-corrected chi connectivity index (χ4v) is 5.57. The summed E-state index contributed by atoms with van der Waals surface area (Å²) in [5.74, 6) is 0.402. The number of hydrogen-bond donors (Lipinski definition) is 1. The van der Waals surface area contributed by atoms with E-state index in [0.717, 1.165) is 47.9 Å². The number of benzene rings is 3. The molecule has 3 aromatic carbocycles. The smallest absolute Gasteiger partial charge is 0.245 e. The Morgan fingerprint density at radius 1 is 0.867 bits per heavy atom. The van der Waals surface area contributed by atoms with Gasteiger partial charge in [0, 0.05) is 0 Å². The van der Waals surface area contributed by atoms with Gasteiger partial charge in [-0.15, -0.1) is 0 Å².